The van der Waals surface area contributed by atoms with Gasteiger partial charge >= 0.3 is 18.4 Å². The zero-order valence-electron chi connectivity index (χ0n) is 18.8. The lowest BCUT2D eigenvalue weighted by molar-refractivity contribution is -0.274. The molecule has 0 unspecified atom stereocenters. The third kappa shape index (κ3) is 9.48. The lowest BCUT2D eigenvalue weighted by atomic mass is 9.94. The minimum Gasteiger partial charge on any atom is -0.493 e. The van der Waals surface area contributed by atoms with E-state index < -0.39 is 12.3 Å². The highest BCUT2D eigenvalue weighted by Crippen LogP contribution is 2.30. The van der Waals surface area contributed by atoms with Crippen LogP contribution in [0.25, 0.3) is 0 Å². The Bertz CT molecular complexity index is 983. The van der Waals surface area contributed by atoms with E-state index in [0.717, 1.165) is 43.9 Å². The van der Waals surface area contributed by atoms with Gasteiger partial charge in [0.15, 0.2) is 5.13 Å². The summed E-state index contributed by atoms with van der Waals surface area (Å²) < 4.78 is 47.4. The third-order valence-corrected chi connectivity index (χ3v) is 7.26. The number of aromatic nitrogens is 1. The minimum atomic E-state index is -4.78. The second kappa shape index (κ2) is 12.9. The van der Waals surface area contributed by atoms with Crippen LogP contribution in [-0.2, 0) is 4.79 Å². The van der Waals surface area contributed by atoms with Crippen LogP contribution in [0.5, 0.6) is 11.5 Å². The smallest absolute Gasteiger partial charge is 0.493 e. The van der Waals surface area contributed by atoms with Crippen LogP contribution in [0.4, 0.5) is 23.1 Å². The number of anilines is 1. The summed E-state index contributed by atoms with van der Waals surface area (Å²) >= 11 is 2.35. The average molecular weight is 534 g/mol. The van der Waals surface area contributed by atoms with Gasteiger partial charge in [-0.15, -0.1) is 24.9 Å². The van der Waals surface area contributed by atoms with Gasteiger partial charge in [0, 0.05) is 18.7 Å². The summed E-state index contributed by atoms with van der Waals surface area (Å²) in [5, 5.41) is 12.0. The first-order chi connectivity index (χ1) is 16.7. The number of hydrogen-bond donors (Lipinski definition) is 2. The number of nitrogens with one attached hydrogen (secondary N) is 1. The fraction of sp³-hybridized carbons (Fsp3) is 0.500. The van der Waals surface area contributed by atoms with Gasteiger partial charge in [0.05, 0.1) is 22.8 Å². The van der Waals surface area contributed by atoms with Crippen LogP contribution in [0.3, 0.4) is 0 Å². The van der Waals surface area contributed by atoms with Gasteiger partial charge in [0.25, 0.3) is 0 Å². The Kier molecular flexibility index (Phi) is 9.90. The molecule has 2 aromatic rings. The number of urea groups is 1. The van der Waals surface area contributed by atoms with E-state index in [2.05, 4.69) is 15.0 Å². The summed E-state index contributed by atoms with van der Waals surface area (Å²) in [6.07, 6.45) is 2.20. The summed E-state index contributed by atoms with van der Waals surface area (Å²) in [4.78, 5) is 29.7. The van der Waals surface area contributed by atoms with Crippen molar-refractivity contribution in [2.24, 2.45) is 0 Å². The van der Waals surface area contributed by atoms with Crippen molar-refractivity contribution in [3.63, 3.8) is 0 Å². The predicted octanol–water partition coefficient (Wildman–Crippen LogP) is 5.85. The molecule has 0 saturated heterocycles. The van der Waals surface area contributed by atoms with Crippen molar-refractivity contribution in [1.29, 1.82) is 0 Å². The molecule has 1 aromatic carbocycles. The first-order valence-corrected chi connectivity index (χ1v) is 12.9. The topological polar surface area (TPSA) is 101 Å². The van der Waals surface area contributed by atoms with Gasteiger partial charge in [-0.3, -0.25) is 10.1 Å². The molecular formula is C22H26F3N3O5S2. The molecule has 0 aliphatic heterocycles. The molecule has 13 heteroatoms. The highest BCUT2D eigenvalue weighted by atomic mass is 32.2. The van der Waals surface area contributed by atoms with Crippen molar-refractivity contribution in [2.75, 3.05) is 24.2 Å². The molecule has 1 aliphatic carbocycles. The largest absolute Gasteiger partial charge is 0.573 e. The van der Waals surface area contributed by atoms with Gasteiger partial charge in [-0.05, 0) is 31.4 Å². The molecule has 192 valence electrons. The van der Waals surface area contributed by atoms with Gasteiger partial charge in [-0.1, -0.05) is 36.7 Å². The van der Waals surface area contributed by atoms with Crippen LogP contribution in [0, 0.1) is 0 Å². The lowest BCUT2D eigenvalue weighted by Gasteiger charge is -2.34. The van der Waals surface area contributed by atoms with Crippen LogP contribution in [0.15, 0.2) is 34.7 Å². The Labute approximate surface area is 208 Å². The normalized spacial score (nSPS) is 14.4. The van der Waals surface area contributed by atoms with E-state index in [1.807, 2.05) is 0 Å². The molecule has 35 heavy (non-hydrogen) atoms. The number of carboxylic acids is 1. The standard InChI is InChI=1S/C22H26F3N3O5S2/c23-22(24,25)33-17-9-4-8-16(12-17)32-11-5-10-28(15-6-2-1-3-7-15)21(31)27-20-26-13-19(35-20)34-14-18(29)30/h4,8-9,12-13,15H,1-3,5-7,10-11,14H2,(H,29,30)(H,26,27,31). The molecule has 0 atom stereocenters. The summed E-state index contributed by atoms with van der Waals surface area (Å²) in [6.45, 7) is 0.612. The highest BCUT2D eigenvalue weighted by Gasteiger charge is 2.31. The van der Waals surface area contributed by atoms with E-state index in [1.54, 1.807) is 4.90 Å². The van der Waals surface area contributed by atoms with E-state index in [-0.39, 0.29) is 35.9 Å². The maximum Gasteiger partial charge on any atom is 0.573 e. The maximum absolute atomic E-state index is 13.0. The molecule has 0 spiro atoms. The molecule has 0 bridgehead atoms. The van der Waals surface area contributed by atoms with E-state index in [0.29, 0.717) is 22.3 Å². The number of amides is 2. The van der Waals surface area contributed by atoms with E-state index in [1.165, 1.54) is 41.8 Å². The van der Waals surface area contributed by atoms with Gasteiger partial charge < -0.3 is 19.5 Å². The molecule has 0 radical (unpaired) electrons. The molecule has 8 nitrogen and oxygen atoms in total. The first kappa shape index (κ1) is 26.9. The number of nitrogens with zero attached hydrogens (tertiary/aromatic N) is 2. The van der Waals surface area contributed by atoms with Crippen molar-refractivity contribution < 1.29 is 37.3 Å². The monoisotopic (exact) mass is 533 g/mol. The number of benzene rings is 1. The Morgan fingerprint density at radius 3 is 2.69 bits per heavy atom. The number of alkyl halides is 3. The fourth-order valence-electron chi connectivity index (χ4n) is 3.71. The molecule has 1 fully saturated rings. The minimum absolute atomic E-state index is 0.0769. The first-order valence-electron chi connectivity index (χ1n) is 11.1. The van der Waals surface area contributed by atoms with Gasteiger partial charge in [0.2, 0.25) is 0 Å². The molecule has 1 saturated carbocycles. The van der Waals surface area contributed by atoms with Gasteiger partial charge in [-0.2, -0.15) is 0 Å². The molecule has 3 rings (SSSR count). The quantitative estimate of drug-likeness (QED) is 0.276. The van der Waals surface area contributed by atoms with Crippen LogP contribution in [0.2, 0.25) is 0 Å². The Hall–Kier alpha value is -2.67. The van der Waals surface area contributed by atoms with Crippen molar-refractivity contribution in [3.8, 4) is 11.5 Å². The number of carbonyl (C=O) groups excluding carboxylic acids is 1. The van der Waals surface area contributed by atoms with Crippen LogP contribution >= 0.6 is 23.1 Å². The molecule has 1 heterocycles. The molecule has 2 amide bonds. The number of hydrogen-bond acceptors (Lipinski definition) is 7. The summed E-state index contributed by atoms with van der Waals surface area (Å²) in [5.74, 6) is -1.13. The van der Waals surface area contributed by atoms with Crippen molar-refractivity contribution in [1.82, 2.24) is 9.88 Å². The number of aliphatic carboxylic acids is 1. The number of thiazole rings is 1. The van der Waals surface area contributed by atoms with Crippen LogP contribution < -0.4 is 14.8 Å². The number of carboxylic acid groups (broad SMARTS) is 1. The number of ether oxygens (including phenoxy) is 2. The van der Waals surface area contributed by atoms with Crippen molar-refractivity contribution in [2.45, 2.75) is 55.1 Å². The van der Waals surface area contributed by atoms with Crippen molar-refractivity contribution >= 4 is 40.2 Å². The zero-order chi connectivity index (χ0) is 25.3. The van der Waals surface area contributed by atoms with Crippen LogP contribution in [0.1, 0.15) is 38.5 Å². The van der Waals surface area contributed by atoms with E-state index in [9.17, 15) is 22.8 Å². The second-order valence-electron chi connectivity index (χ2n) is 7.81. The summed E-state index contributed by atoms with van der Waals surface area (Å²) in [6, 6.07) is 5.10. The number of rotatable bonds is 11. The zero-order valence-corrected chi connectivity index (χ0v) is 20.4. The van der Waals surface area contributed by atoms with Gasteiger partial charge in [-0.25, -0.2) is 9.78 Å². The molecular weight excluding hydrogens is 507 g/mol. The Balaban J connectivity index is 1.54. The Morgan fingerprint density at radius 2 is 1.97 bits per heavy atom. The molecule has 1 aliphatic rings. The van der Waals surface area contributed by atoms with E-state index >= 15 is 0 Å². The predicted molar refractivity (Wildman–Crippen MR) is 126 cm³/mol. The number of carbonyl (C=O) groups is 2. The second-order valence-corrected chi connectivity index (χ2v) is 10.1. The fourth-order valence-corrected chi connectivity index (χ4v) is 5.29. The SMILES string of the molecule is O=C(O)CSc1cnc(NC(=O)N(CCCOc2cccc(OC(F)(F)F)c2)C2CCCCC2)s1. The van der Waals surface area contributed by atoms with Crippen LogP contribution in [-0.4, -0.2) is 58.3 Å². The van der Waals surface area contributed by atoms with Crippen molar-refractivity contribution in [3.05, 3.63) is 30.5 Å². The lowest BCUT2D eigenvalue weighted by Crippen LogP contribution is -2.44. The number of thioether (sulfide) groups is 1. The summed E-state index contributed by atoms with van der Waals surface area (Å²) in [7, 11) is 0. The van der Waals surface area contributed by atoms with E-state index in [4.69, 9.17) is 9.84 Å². The molecule has 1 aromatic heterocycles. The van der Waals surface area contributed by atoms with Gasteiger partial charge in [0.1, 0.15) is 11.5 Å². The Morgan fingerprint density at radius 1 is 1.23 bits per heavy atom. The molecule has 2 N–H and O–H groups in total. The summed E-state index contributed by atoms with van der Waals surface area (Å²) in [5.41, 5.74) is 0. The highest BCUT2D eigenvalue weighted by molar-refractivity contribution is 8.01. The average Bonchev–Trinajstić information content (AvgIpc) is 3.24. The number of halogens is 3. The third-order valence-electron chi connectivity index (χ3n) is 5.16. The maximum atomic E-state index is 13.0.